The molecule has 0 saturated carbocycles. The lowest BCUT2D eigenvalue weighted by Crippen LogP contribution is -2.29. The third-order valence-corrected chi connectivity index (χ3v) is 1.19. The molecule has 0 aromatic heterocycles. The van der Waals surface area contributed by atoms with Gasteiger partial charge in [0.25, 0.3) is 0 Å². The third-order valence-electron chi connectivity index (χ3n) is 1.19. The summed E-state index contributed by atoms with van der Waals surface area (Å²) >= 11 is 0. The minimum absolute atomic E-state index is 0.219. The predicted octanol–water partition coefficient (Wildman–Crippen LogP) is -0.0867. The second-order valence-corrected chi connectivity index (χ2v) is 2.20. The van der Waals surface area contributed by atoms with Crippen LogP contribution in [0.5, 0.6) is 0 Å². The van der Waals surface area contributed by atoms with Crippen LogP contribution in [0.2, 0.25) is 0 Å². The van der Waals surface area contributed by atoms with E-state index >= 15 is 0 Å². The van der Waals surface area contributed by atoms with Crippen molar-refractivity contribution in [2.45, 2.75) is 19.4 Å². The van der Waals surface area contributed by atoms with Crippen molar-refractivity contribution in [3.8, 4) is 0 Å². The van der Waals surface area contributed by atoms with Crippen molar-refractivity contribution in [1.82, 2.24) is 0 Å². The minimum Gasteiger partial charge on any atom is -0.469 e. The van der Waals surface area contributed by atoms with Crippen LogP contribution < -0.4 is 5.73 Å². The molecule has 4 heteroatoms. The van der Waals surface area contributed by atoms with Crippen LogP contribution in [0.4, 0.5) is 0 Å². The van der Waals surface area contributed by atoms with Crippen LogP contribution in [0.15, 0.2) is 0 Å². The summed E-state index contributed by atoms with van der Waals surface area (Å²) in [5.74, 6) is -0.294. The van der Waals surface area contributed by atoms with Gasteiger partial charge in [-0.3, -0.25) is 4.79 Å². The number of rotatable bonds is 5. The van der Waals surface area contributed by atoms with Crippen LogP contribution in [0.25, 0.3) is 0 Å². The summed E-state index contributed by atoms with van der Waals surface area (Å²) in [6, 6.07) is -0.248. The van der Waals surface area contributed by atoms with Crippen LogP contribution in [0, 0.1) is 0 Å². The highest BCUT2D eigenvalue weighted by Crippen LogP contribution is 1.91. The Kier molecular flexibility index (Phi) is 5.78. The maximum Gasteiger partial charge on any atom is 0.307 e. The van der Waals surface area contributed by atoms with Gasteiger partial charge in [-0.1, -0.05) is 0 Å². The molecule has 66 valence electrons. The van der Waals surface area contributed by atoms with Gasteiger partial charge in [-0.25, -0.2) is 0 Å². The zero-order valence-corrected chi connectivity index (χ0v) is 7.00. The molecule has 0 spiro atoms. The van der Waals surface area contributed by atoms with Gasteiger partial charge in [-0.15, -0.1) is 0 Å². The van der Waals surface area contributed by atoms with E-state index in [2.05, 4.69) is 4.74 Å². The van der Waals surface area contributed by atoms with Crippen LogP contribution in [0.3, 0.4) is 0 Å². The van der Waals surface area contributed by atoms with Crippen molar-refractivity contribution in [2.75, 3.05) is 20.3 Å². The molecule has 1 atom stereocenters. The summed E-state index contributed by atoms with van der Waals surface area (Å²) in [6.45, 7) is 2.91. The molecule has 0 aromatic carbocycles. The first-order valence-corrected chi connectivity index (χ1v) is 3.60. The van der Waals surface area contributed by atoms with E-state index in [1.807, 2.05) is 6.92 Å². The van der Waals surface area contributed by atoms with Gasteiger partial charge < -0.3 is 15.2 Å². The molecule has 0 aliphatic carbocycles. The average Bonchev–Trinajstić information content (AvgIpc) is 2.00. The zero-order chi connectivity index (χ0) is 8.69. The van der Waals surface area contributed by atoms with Crippen LogP contribution >= 0.6 is 0 Å². The third kappa shape index (κ3) is 5.82. The smallest absolute Gasteiger partial charge is 0.307 e. The molecule has 4 nitrogen and oxygen atoms in total. The molecule has 0 amide bonds. The Balaban J connectivity index is 3.35. The number of carbonyl (C=O) groups is 1. The van der Waals surface area contributed by atoms with Gasteiger partial charge in [-0.2, -0.15) is 0 Å². The van der Waals surface area contributed by atoms with E-state index in [1.165, 1.54) is 7.11 Å². The monoisotopic (exact) mass is 161 g/mol. The van der Waals surface area contributed by atoms with Crippen LogP contribution in [-0.2, 0) is 14.3 Å². The number of esters is 1. The number of ether oxygens (including phenoxy) is 2. The number of nitrogens with two attached hydrogens (primary N) is 1. The quantitative estimate of drug-likeness (QED) is 0.572. The lowest BCUT2D eigenvalue weighted by atomic mass is 10.2. The van der Waals surface area contributed by atoms with E-state index in [9.17, 15) is 4.79 Å². The van der Waals surface area contributed by atoms with Gasteiger partial charge in [0.1, 0.15) is 0 Å². The molecule has 11 heavy (non-hydrogen) atoms. The molecule has 0 bridgehead atoms. The summed E-state index contributed by atoms with van der Waals surface area (Å²) in [6.07, 6.45) is 0.219. The van der Waals surface area contributed by atoms with Crippen molar-refractivity contribution >= 4 is 5.97 Å². The van der Waals surface area contributed by atoms with E-state index in [0.29, 0.717) is 13.2 Å². The Morgan fingerprint density at radius 3 is 2.73 bits per heavy atom. The van der Waals surface area contributed by atoms with Gasteiger partial charge in [0.2, 0.25) is 0 Å². The highest BCUT2D eigenvalue weighted by atomic mass is 16.5. The Morgan fingerprint density at radius 1 is 1.64 bits per heavy atom. The van der Waals surface area contributed by atoms with Crippen molar-refractivity contribution in [1.29, 1.82) is 0 Å². The Labute approximate surface area is 66.7 Å². The van der Waals surface area contributed by atoms with E-state index in [-0.39, 0.29) is 18.4 Å². The van der Waals surface area contributed by atoms with Crippen molar-refractivity contribution in [3.63, 3.8) is 0 Å². The van der Waals surface area contributed by atoms with E-state index in [0.717, 1.165) is 0 Å². The molecule has 0 aromatic rings. The fourth-order valence-electron chi connectivity index (χ4n) is 0.626. The maximum atomic E-state index is 10.6. The first kappa shape index (κ1) is 10.4. The molecular formula is C7H15NO3. The van der Waals surface area contributed by atoms with Gasteiger partial charge in [0, 0.05) is 12.6 Å². The molecule has 0 radical (unpaired) electrons. The average molecular weight is 161 g/mol. The Bertz CT molecular complexity index is 116. The van der Waals surface area contributed by atoms with Gasteiger partial charge in [-0.05, 0) is 6.92 Å². The molecule has 0 heterocycles. The number of methoxy groups -OCH3 is 1. The molecule has 0 aliphatic rings. The number of hydrogen-bond donors (Lipinski definition) is 1. The molecular weight excluding hydrogens is 146 g/mol. The number of hydrogen-bond acceptors (Lipinski definition) is 4. The second-order valence-electron chi connectivity index (χ2n) is 2.20. The molecule has 0 fully saturated rings. The SMILES string of the molecule is CCOCC(N)CC(=O)OC. The van der Waals surface area contributed by atoms with Crippen molar-refractivity contribution in [2.24, 2.45) is 5.73 Å². The second kappa shape index (κ2) is 6.12. The summed E-state index contributed by atoms with van der Waals surface area (Å²) in [7, 11) is 1.34. The topological polar surface area (TPSA) is 61.5 Å². The summed E-state index contributed by atoms with van der Waals surface area (Å²) < 4.78 is 9.43. The van der Waals surface area contributed by atoms with E-state index in [1.54, 1.807) is 0 Å². The summed E-state index contributed by atoms with van der Waals surface area (Å²) in [5, 5.41) is 0. The molecule has 0 rings (SSSR count). The molecule has 0 saturated heterocycles. The largest absolute Gasteiger partial charge is 0.469 e. The Morgan fingerprint density at radius 2 is 2.27 bits per heavy atom. The molecule has 1 unspecified atom stereocenters. The first-order valence-electron chi connectivity index (χ1n) is 3.60. The lowest BCUT2D eigenvalue weighted by molar-refractivity contribution is -0.141. The maximum absolute atomic E-state index is 10.6. The highest BCUT2D eigenvalue weighted by molar-refractivity contribution is 5.69. The van der Waals surface area contributed by atoms with Gasteiger partial charge in [0.15, 0.2) is 0 Å². The van der Waals surface area contributed by atoms with Crippen molar-refractivity contribution < 1.29 is 14.3 Å². The standard InChI is InChI=1S/C7H15NO3/c1-3-11-5-6(8)4-7(9)10-2/h6H,3-5,8H2,1-2H3. The lowest BCUT2D eigenvalue weighted by Gasteiger charge is -2.08. The predicted molar refractivity (Wildman–Crippen MR) is 41.1 cm³/mol. The fraction of sp³-hybridized carbons (Fsp3) is 0.857. The summed E-state index contributed by atoms with van der Waals surface area (Å²) in [4.78, 5) is 10.6. The van der Waals surface area contributed by atoms with E-state index in [4.69, 9.17) is 10.5 Å². The first-order chi connectivity index (χ1) is 5.20. The highest BCUT2D eigenvalue weighted by Gasteiger charge is 2.08. The zero-order valence-electron chi connectivity index (χ0n) is 7.00. The normalized spacial score (nSPS) is 12.6. The van der Waals surface area contributed by atoms with Crippen molar-refractivity contribution in [3.05, 3.63) is 0 Å². The Hall–Kier alpha value is -0.610. The van der Waals surface area contributed by atoms with E-state index < -0.39 is 0 Å². The van der Waals surface area contributed by atoms with Crippen LogP contribution in [0.1, 0.15) is 13.3 Å². The number of carbonyl (C=O) groups excluding carboxylic acids is 1. The van der Waals surface area contributed by atoms with Gasteiger partial charge >= 0.3 is 5.97 Å². The summed E-state index contributed by atoms with van der Waals surface area (Å²) in [5.41, 5.74) is 5.51. The molecule has 2 N–H and O–H groups in total. The van der Waals surface area contributed by atoms with Crippen LogP contribution in [-0.4, -0.2) is 32.3 Å². The fourth-order valence-corrected chi connectivity index (χ4v) is 0.626. The van der Waals surface area contributed by atoms with Gasteiger partial charge in [0.05, 0.1) is 20.1 Å². The molecule has 0 aliphatic heterocycles. The minimum atomic E-state index is -0.294.